The van der Waals surface area contributed by atoms with Crippen LogP contribution in [-0.2, 0) is 0 Å². The van der Waals surface area contributed by atoms with Crippen molar-refractivity contribution >= 4 is 23.2 Å². The second-order valence-electron chi connectivity index (χ2n) is 4.89. The van der Waals surface area contributed by atoms with Gasteiger partial charge in [0.1, 0.15) is 5.82 Å². The van der Waals surface area contributed by atoms with Crippen LogP contribution in [0.3, 0.4) is 0 Å². The monoisotopic (exact) mass is 343 g/mol. The highest BCUT2D eigenvalue weighted by molar-refractivity contribution is 6.30. The SMILES string of the molecule is O=C(Nc1ccccc1F)c1nn(-c2cccc(Cl)c2)ccc1=O. The summed E-state index contributed by atoms with van der Waals surface area (Å²) in [6, 6.07) is 13.7. The molecule has 7 heteroatoms. The first-order valence-electron chi connectivity index (χ1n) is 6.96. The summed E-state index contributed by atoms with van der Waals surface area (Å²) in [5, 5.41) is 6.85. The lowest BCUT2D eigenvalue weighted by Crippen LogP contribution is -2.25. The summed E-state index contributed by atoms with van der Waals surface area (Å²) in [6.07, 6.45) is 1.42. The minimum atomic E-state index is -0.790. The van der Waals surface area contributed by atoms with Crippen molar-refractivity contribution in [2.75, 3.05) is 5.32 Å². The van der Waals surface area contributed by atoms with Crippen LogP contribution in [0.25, 0.3) is 5.69 Å². The molecular weight excluding hydrogens is 333 g/mol. The van der Waals surface area contributed by atoms with Crippen LogP contribution >= 0.6 is 11.6 Å². The molecule has 0 fully saturated rings. The fourth-order valence-electron chi connectivity index (χ4n) is 2.07. The van der Waals surface area contributed by atoms with E-state index in [0.29, 0.717) is 10.7 Å². The molecule has 2 aromatic carbocycles. The van der Waals surface area contributed by atoms with E-state index in [9.17, 15) is 14.0 Å². The lowest BCUT2D eigenvalue weighted by Gasteiger charge is -2.08. The minimum absolute atomic E-state index is 0.0261. The Bertz CT molecular complexity index is 972. The van der Waals surface area contributed by atoms with Gasteiger partial charge >= 0.3 is 0 Å². The Hall–Kier alpha value is -2.99. The molecule has 0 bridgehead atoms. The fraction of sp³-hybridized carbons (Fsp3) is 0. The van der Waals surface area contributed by atoms with Crippen molar-refractivity contribution in [3.05, 3.63) is 87.6 Å². The molecule has 24 heavy (non-hydrogen) atoms. The number of nitrogens with one attached hydrogen (secondary N) is 1. The minimum Gasteiger partial charge on any atom is -0.318 e. The van der Waals surface area contributed by atoms with Gasteiger partial charge in [-0.05, 0) is 30.3 Å². The summed E-state index contributed by atoms with van der Waals surface area (Å²) in [6.45, 7) is 0. The Kier molecular flexibility index (Phi) is 4.39. The van der Waals surface area contributed by atoms with Crippen LogP contribution in [0.15, 0.2) is 65.6 Å². The highest BCUT2D eigenvalue weighted by Gasteiger charge is 2.15. The summed E-state index contributed by atoms with van der Waals surface area (Å²) in [5.74, 6) is -1.39. The van der Waals surface area contributed by atoms with E-state index in [1.807, 2.05) is 0 Å². The third-order valence-electron chi connectivity index (χ3n) is 3.22. The van der Waals surface area contributed by atoms with Gasteiger partial charge in [-0.15, -0.1) is 0 Å². The summed E-state index contributed by atoms with van der Waals surface area (Å²) < 4.78 is 15.0. The maximum absolute atomic E-state index is 13.6. The molecule has 120 valence electrons. The van der Waals surface area contributed by atoms with Crippen molar-refractivity contribution in [2.45, 2.75) is 0 Å². The molecule has 0 atom stereocenters. The van der Waals surface area contributed by atoms with Crippen molar-refractivity contribution in [3.63, 3.8) is 0 Å². The summed E-state index contributed by atoms with van der Waals surface area (Å²) in [5.41, 5.74) is -0.354. The summed E-state index contributed by atoms with van der Waals surface area (Å²) >= 11 is 5.93. The number of benzene rings is 2. The van der Waals surface area contributed by atoms with Crippen LogP contribution in [0.2, 0.25) is 5.02 Å². The maximum Gasteiger partial charge on any atom is 0.280 e. The Balaban J connectivity index is 1.96. The number of nitrogens with zero attached hydrogens (tertiary/aromatic N) is 2. The molecule has 0 unspecified atom stereocenters. The summed E-state index contributed by atoms with van der Waals surface area (Å²) in [7, 11) is 0. The van der Waals surface area contributed by atoms with Gasteiger partial charge in [0.2, 0.25) is 5.43 Å². The molecule has 0 saturated carbocycles. The van der Waals surface area contributed by atoms with Gasteiger partial charge < -0.3 is 5.32 Å². The van der Waals surface area contributed by atoms with E-state index in [1.54, 1.807) is 30.3 Å². The molecule has 0 radical (unpaired) electrons. The first-order chi connectivity index (χ1) is 11.5. The van der Waals surface area contributed by atoms with Crippen molar-refractivity contribution in [1.29, 1.82) is 0 Å². The van der Waals surface area contributed by atoms with Gasteiger partial charge in [0.05, 0.1) is 11.4 Å². The first-order valence-corrected chi connectivity index (χ1v) is 7.34. The first kappa shape index (κ1) is 15.9. The Morgan fingerprint density at radius 3 is 2.67 bits per heavy atom. The third-order valence-corrected chi connectivity index (χ3v) is 3.45. The number of aromatic nitrogens is 2. The van der Waals surface area contributed by atoms with Gasteiger partial charge in [-0.3, -0.25) is 9.59 Å². The molecule has 1 amide bonds. The van der Waals surface area contributed by atoms with E-state index in [-0.39, 0.29) is 11.4 Å². The van der Waals surface area contributed by atoms with Gasteiger partial charge in [-0.25, -0.2) is 9.07 Å². The topological polar surface area (TPSA) is 64.0 Å². The highest BCUT2D eigenvalue weighted by Crippen LogP contribution is 2.15. The maximum atomic E-state index is 13.6. The van der Waals surface area contributed by atoms with Crippen molar-refractivity contribution < 1.29 is 9.18 Å². The zero-order chi connectivity index (χ0) is 17.1. The average Bonchev–Trinajstić information content (AvgIpc) is 2.57. The smallest absolute Gasteiger partial charge is 0.280 e. The van der Waals surface area contributed by atoms with Crippen LogP contribution < -0.4 is 10.7 Å². The van der Waals surface area contributed by atoms with Crippen LogP contribution in [0.1, 0.15) is 10.5 Å². The summed E-state index contributed by atoms with van der Waals surface area (Å²) in [4.78, 5) is 24.2. The fourth-order valence-corrected chi connectivity index (χ4v) is 2.26. The van der Waals surface area contributed by atoms with Crippen LogP contribution in [-0.4, -0.2) is 15.7 Å². The van der Waals surface area contributed by atoms with E-state index in [2.05, 4.69) is 10.4 Å². The molecular formula is C17H11ClFN3O2. The van der Waals surface area contributed by atoms with Gasteiger partial charge in [-0.2, -0.15) is 5.10 Å². The standard InChI is InChI=1S/C17H11ClFN3O2/c18-11-4-3-5-12(10-11)22-9-8-15(23)16(21-22)17(24)20-14-7-2-1-6-13(14)19/h1-10H,(H,20,24). The molecule has 1 heterocycles. The van der Waals surface area contributed by atoms with Crippen molar-refractivity contribution in [2.24, 2.45) is 0 Å². The molecule has 0 saturated heterocycles. The van der Waals surface area contributed by atoms with Crippen molar-refractivity contribution in [1.82, 2.24) is 9.78 Å². The third kappa shape index (κ3) is 3.33. The Labute approximate surface area is 141 Å². The number of carbonyl (C=O) groups is 1. The number of hydrogen-bond donors (Lipinski definition) is 1. The zero-order valence-electron chi connectivity index (χ0n) is 12.2. The normalized spacial score (nSPS) is 10.4. The predicted octanol–water partition coefficient (Wildman–Crippen LogP) is 3.28. The van der Waals surface area contributed by atoms with E-state index in [0.717, 1.165) is 0 Å². The largest absolute Gasteiger partial charge is 0.318 e. The van der Waals surface area contributed by atoms with Crippen molar-refractivity contribution in [3.8, 4) is 5.69 Å². The quantitative estimate of drug-likeness (QED) is 0.793. The molecule has 0 aliphatic rings. The second-order valence-corrected chi connectivity index (χ2v) is 5.32. The van der Waals surface area contributed by atoms with Crippen LogP contribution in [0.5, 0.6) is 0 Å². The molecule has 0 aliphatic carbocycles. The average molecular weight is 344 g/mol. The van der Waals surface area contributed by atoms with Gasteiger partial charge in [0.25, 0.3) is 5.91 Å². The van der Waals surface area contributed by atoms with Gasteiger partial charge in [0, 0.05) is 17.3 Å². The lowest BCUT2D eigenvalue weighted by molar-refractivity contribution is 0.101. The number of hydrogen-bond acceptors (Lipinski definition) is 3. The number of para-hydroxylation sites is 1. The zero-order valence-corrected chi connectivity index (χ0v) is 13.0. The Morgan fingerprint density at radius 1 is 1.12 bits per heavy atom. The number of anilines is 1. The molecule has 0 aliphatic heterocycles. The highest BCUT2D eigenvalue weighted by atomic mass is 35.5. The van der Waals surface area contributed by atoms with E-state index in [4.69, 9.17) is 11.6 Å². The van der Waals surface area contributed by atoms with Gasteiger partial charge in [-0.1, -0.05) is 29.8 Å². The number of rotatable bonds is 3. The molecule has 1 aromatic heterocycles. The second kappa shape index (κ2) is 6.64. The van der Waals surface area contributed by atoms with E-state index >= 15 is 0 Å². The molecule has 5 nitrogen and oxygen atoms in total. The molecule has 0 spiro atoms. The predicted molar refractivity (Wildman–Crippen MR) is 89.2 cm³/mol. The van der Waals surface area contributed by atoms with Gasteiger partial charge in [0.15, 0.2) is 5.69 Å². The van der Waals surface area contributed by atoms with E-state index in [1.165, 1.54) is 35.1 Å². The number of halogens is 2. The van der Waals surface area contributed by atoms with E-state index < -0.39 is 17.2 Å². The number of amides is 1. The number of carbonyl (C=O) groups excluding carboxylic acids is 1. The molecule has 1 N–H and O–H groups in total. The van der Waals surface area contributed by atoms with Crippen LogP contribution in [0, 0.1) is 5.82 Å². The van der Waals surface area contributed by atoms with Crippen LogP contribution in [0.4, 0.5) is 10.1 Å². The lowest BCUT2D eigenvalue weighted by atomic mass is 10.3. The molecule has 3 rings (SSSR count). The molecule has 3 aromatic rings. The Morgan fingerprint density at radius 2 is 1.92 bits per heavy atom.